The second-order valence-corrected chi connectivity index (χ2v) is 7.49. The van der Waals surface area contributed by atoms with Crippen LogP contribution in [0, 0.1) is 12.8 Å². The highest BCUT2D eigenvalue weighted by molar-refractivity contribution is 5.88. The number of benzene rings is 1. The first-order valence-corrected chi connectivity index (χ1v) is 9.58. The number of imidazole rings is 1. The first kappa shape index (κ1) is 17.6. The van der Waals surface area contributed by atoms with Crippen molar-refractivity contribution in [2.24, 2.45) is 13.0 Å². The van der Waals surface area contributed by atoms with Crippen LogP contribution in [-0.4, -0.2) is 32.3 Å². The lowest BCUT2D eigenvalue weighted by Crippen LogP contribution is -2.34. The molecule has 1 aliphatic carbocycles. The van der Waals surface area contributed by atoms with E-state index in [1.54, 1.807) is 4.68 Å². The summed E-state index contributed by atoms with van der Waals surface area (Å²) in [6.07, 6.45) is 4.42. The Bertz CT molecular complexity index is 902. The van der Waals surface area contributed by atoms with Gasteiger partial charge < -0.3 is 10.3 Å². The molecule has 3 aromatic rings. The molecule has 2 heterocycles. The van der Waals surface area contributed by atoms with Gasteiger partial charge in [-0.2, -0.15) is 5.10 Å². The zero-order valence-electron chi connectivity index (χ0n) is 15.8. The molecule has 1 fully saturated rings. The largest absolute Gasteiger partial charge is 0.342 e. The number of H-pyrrole nitrogens is 1. The normalized spacial score (nSPS) is 19.9. The summed E-state index contributed by atoms with van der Waals surface area (Å²) in [4.78, 5) is 20.3. The third-order valence-electron chi connectivity index (χ3n) is 5.44. The van der Waals surface area contributed by atoms with E-state index in [1.807, 2.05) is 38.2 Å². The fourth-order valence-corrected chi connectivity index (χ4v) is 3.93. The van der Waals surface area contributed by atoms with Gasteiger partial charge in [0.25, 0.3) is 0 Å². The number of hydrogen-bond acceptors (Lipinski definition) is 3. The molecule has 2 amide bonds. The summed E-state index contributed by atoms with van der Waals surface area (Å²) in [6, 6.07) is 9.87. The van der Waals surface area contributed by atoms with Crippen LogP contribution in [-0.2, 0) is 7.05 Å². The molecule has 0 unspecified atom stereocenters. The molecule has 0 radical (unpaired) electrons. The lowest BCUT2D eigenvalue weighted by Gasteiger charge is -2.27. The van der Waals surface area contributed by atoms with E-state index in [1.165, 1.54) is 0 Å². The minimum atomic E-state index is -0.169. The van der Waals surface area contributed by atoms with Gasteiger partial charge in [-0.1, -0.05) is 12.1 Å². The van der Waals surface area contributed by atoms with Crippen molar-refractivity contribution in [3.63, 3.8) is 0 Å². The molecule has 7 nitrogen and oxygen atoms in total. The van der Waals surface area contributed by atoms with Crippen LogP contribution in [0.2, 0.25) is 0 Å². The van der Waals surface area contributed by atoms with Crippen molar-refractivity contribution in [3.05, 3.63) is 41.9 Å². The summed E-state index contributed by atoms with van der Waals surface area (Å²) in [5.74, 6) is 2.81. The lowest BCUT2D eigenvalue weighted by atomic mass is 9.81. The molecule has 1 saturated carbocycles. The summed E-state index contributed by atoms with van der Waals surface area (Å²) in [5.41, 5.74) is 3.04. The van der Waals surface area contributed by atoms with Crippen LogP contribution in [0.15, 0.2) is 30.3 Å². The van der Waals surface area contributed by atoms with Gasteiger partial charge in [-0.15, -0.1) is 0 Å². The molecule has 7 heteroatoms. The maximum atomic E-state index is 12.1. The number of para-hydroxylation sites is 2. The van der Waals surface area contributed by atoms with E-state index in [-0.39, 0.29) is 6.03 Å². The Balaban J connectivity index is 1.25. The van der Waals surface area contributed by atoms with Gasteiger partial charge in [0.15, 0.2) is 0 Å². The van der Waals surface area contributed by atoms with Crippen LogP contribution in [0.25, 0.3) is 11.0 Å². The van der Waals surface area contributed by atoms with E-state index in [0.717, 1.165) is 48.2 Å². The maximum absolute atomic E-state index is 12.1. The Morgan fingerprint density at radius 3 is 2.74 bits per heavy atom. The average Bonchev–Trinajstić information content (AvgIpc) is 3.23. The van der Waals surface area contributed by atoms with E-state index >= 15 is 0 Å². The molecule has 2 aromatic heterocycles. The number of aromatic nitrogens is 4. The summed E-state index contributed by atoms with van der Waals surface area (Å²) in [5, 5.41) is 10.1. The lowest BCUT2D eigenvalue weighted by molar-refractivity contribution is 0.245. The minimum absolute atomic E-state index is 0.169. The van der Waals surface area contributed by atoms with E-state index in [0.29, 0.717) is 24.2 Å². The molecule has 0 atom stereocenters. The van der Waals surface area contributed by atoms with E-state index in [4.69, 9.17) is 4.98 Å². The SMILES string of the molecule is Cc1cc(NC(=O)NCC2CCC(c3nc4ccccc4[nH]3)CC2)n(C)n1. The Kier molecular flexibility index (Phi) is 4.83. The van der Waals surface area contributed by atoms with E-state index < -0.39 is 0 Å². The van der Waals surface area contributed by atoms with Crippen molar-refractivity contribution in [3.8, 4) is 0 Å². The topological polar surface area (TPSA) is 87.6 Å². The number of amides is 2. The van der Waals surface area contributed by atoms with Crippen molar-refractivity contribution in [2.75, 3.05) is 11.9 Å². The van der Waals surface area contributed by atoms with Crippen LogP contribution >= 0.6 is 0 Å². The van der Waals surface area contributed by atoms with Gasteiger partial charge in [-0.3, -0.25) is 10.00 Å². The molecule has 0 aliphatic heterocycles. The van der Waals surface area contributed by atoms with Crippen LogP contribution in [0.4, 0.5) is 10.6 Å². The van der Waals surface area contributed by atoms with Gasteiger partial charge in [0.2, 0.25) is 0 Å². The van der Waals surface area contributed by atoms with Gasteiger partial charge >= 0.3 is 6.03 Å². The van der Waals surface area contributed by atoms with Gasteiger partial charge in [0.1, 0.15) is 11.6 Å². The molecular weight excluding hydrogens is 340 g/mol. The van der Waals surface area contributed by atoms with Crippen molar-refractivity contribution >= 4 is 22.9 Å². The number of aryl methyl sites for hydroxylation is 2. The fourth-order valence-electron chi connectivity index (χ4n) is 3.93. The third-order valence-corrected chi connectivity index (χ3v) is 5.44. The molecule has 27 heavy (non-hydrogen) atoms. The monoisotopic (exact) mass is 366 g/mol. The van der Waals surface area contributed by atoms with E-state index in [2.05, 4.69) is 26.8 Å². The molecule has 1 aromatic carbocycles. The van der Waals surface area contributed by atoms with Crippen molar-refractivity contribution in [1.82, 2.24) is 25.1 Å². The predicted octanol–water partition coefficient (Wildman–Crippen LogP) is 3.70. The number of fused-ring (bicyclic) bond motifs is 1. The summed E-state index contributed by atoms with van der Waals surface area (Å²) < 4.78 is 1.67. The third kappa shape index (κ3) is 3.97. The molecule has 3 N–H and O–H groups in total. The highest BCUT2D eigenvalue weighted by atomic mass is 16.2. The second kappa shape index (κ2) is 7.42. The maximum Gasteiger partial charge on any atom is 0.320 e. The zero-order valence-corrected chi connectivity index (χ0v) is 15.8. The number of carbonyl (C=O) groups excluding carboxylic acids is 1. The van der Waals surface area contributed by atoms with Crippen molar-refractivity contribution < 1.29 is 4.79 Å². The number of carbonyl (C=O) groups is 1. The molecular formula is C20H26N6O. The number of rotatable bonds is 4. The quantitative estimate of drug-likeness (QED) is 0.658. The molecule has 142 valence electrons. The summed E-state index contributed by atoms with van der Waals surface area (Å²) >= 11 is 0. The minimum Gasteiger partial charge on any atom is -0.342 e. The number of urea groups is 1. The summed E-state index contributed by atoms with van der Waals surface area (Å²) in [7, 11) is 1.82. The number of aromatic amines is 1. The van der Waals surface area contributed by atoms with Crippen LogP contribution < -0.4 is 10.6 Å². The predicted molar refractivity (Wildman–Crippen MR) is 106 cm³/mol. The van der Waals surface area contributed by atoms with Crippen LogP contribution in [0.3, 0.4) is 0 Å². The highest BCUT2D eigenvalue weighted by Gasteiger charge is 2.24. The van der Waals surface area contributed by atoms with Gasteiger partial charge in [0.05, 0.1) is 16.7 Å². The molecule has 1 aliphatic rings. The standard InChI is InChI=1S/C20H26N6O/c1-13-11-18(26(2)25-13)24-20(27)21-12-14-7-9-15(10-8-14)19-22-16-5-3-4-6-17(16)23-19/h3-6,11,14-15H,7-10,12H2,1-2H3,(H,22,23)(H2,21,24,27). The van der Waals surface area contributed by atoms with Gasteiger partial charge in [-0.05, 0) is 50.7 Å². The number of anilines is 1. The van der Waals surface area contributed by atoms with Crippen molar-refractivity contribution in [2.45, 2.75) is 38.5 Å². The van der Waals surface area contributed by atoms with Crippen molar-refractivity contribution in [1.29, 1.82) is 0 Å². The van der Waals surface area contributed by atoms with E-state index in [9.17, 15) is 4.79 Å². The zero-order chi connectivity index (χ0) is 18.8. The first-order chi connectivity index (χ1) is 13.1. The first-order valence-electron chi connectivity index (χ1n) is 9.58. The average molecular weight is 366 g/mol. The number of hydrogen-bond donors (Lipinski definition) is 3. The van der Waals surface area contributed by atoms with Crippen LogP contribution in [0.1, 0.15) is 43.1 Å². The highest BCUT2D eigenvalue weighted by Crippen LogP contribution is 2.35. The Morgan fingerprint density at radius 1 is 1.26 bits per heavy atom. The number of nitrogens with zero attached hydrogens (tertiary/aromatic N) is 3. The summed E-state index contributed by atoms with van der Waals surface area (Å²) in [6.45, 7) is 2.61. The molecule has 4 rings (SSSR count). The van der Waals surface area contributed by atoms with Gasteiger partial charge in [-0.25, -0.2) is 9.78 Å². The molecule has 0 bridgehead atoms. The Morgan fingerprint density at radius 2 is 2.04 bits per heavy atom. The molecule has 0 saturated heterocycles. The van der Waals surface area contributed by atoms with Crippen LogP contribution in [0.5, 0.6) is 0 Å². The molecule has 0 spiro atoms. The number of nitrogens with one attached hydrogen (secondary N) is 3. The Hall–Kier alpha value is -2.83. The second-order valence-electron chi connectivity index (χ2n) is 7.49. The fraction of sp³-hybridized carbons (Fsp3) is 0.450. The van der Waals surface area contributed by atoms with Gasteiger partial charge in [0, 0.05) is 25.6 Å². The Labute approximate surface area is 158 Å². The smallest absolute Gasteiger partial charge is 0.320 e.